The van der Waals surface area contributed by atoms with Crippen LogP contribution in [-0.4, -0.2) is 19.0 Å². The van der Waals surface area contributed by atoms with Crippen LogP contribution in [0.1, 0.15) is 45.1 Å². The topological polar surface area (TPSA) is 50.4 Å². The highest BCUT2D eigenvalue weighted by atomic mass is 15.1. The number of hydrogen-bond acceptors (Lipinski definition) is 1. The first-order valence-electron chi connectivity index (χ1n) is 7.72. The van der Waals surface area contributed by atoms with E-state index in [2.05, 4.69) is 54.5 Å². The number of nitrogens with one attached hydrogen (secondary N) is 1. The highest BCUT2D eigenvalue weighted by Crippen LogP contribution is 2.41. The molecular weight excluding hydrogens is 246 g/mol. The summed E-state index contributed by atoms with van der Waals surface area (Å²) in [5, 5.41) is 3.20. The van der Waals surface area contributed by atoms with Crippen LogP contribution in [0.5, 0.6) is 0 Å². The van der Waals surface area contributed by atoms with Crippen LogP contribution >= 0.6 is 0 Å². The van der Waals surface area contributed by atoms with Crippen LogP contribution in [0.15, 0.2) is 35.3 Å². The normalized spacial score (nSPS) is 18.4. The molecular formula is C17H27N3. The van der Waals surface area contributed by atoms with Crippen LogP contribution in [-0.2, 0) is 5.41 Å². The van der Waals surface area contributed by atoms with E-state index >= 15 is 0 Å². The zero-order chi connectivity index (χ0) is 14.4. The first kappa shape index (κ1) is 14.9. The third kappa shape index (κ3) is 3.75. The van der Waals surface area contributed by atoms with E-state index in [1.54, 1.807) is 0 Å². The summed E-state index contributed by atoms with van der Waals surface area (Å²) in [7, 11) is 0. The predicted octanol–water partition coefficient (Wildman–Crippen LogP) is 3.06. The summed E-state index contributed by atoms with van der Waals surface area (Å²) < 4.78 is 0. The molecule has 1 aliphatic carbocycles. The fourth-order valence-corrected chi connectivity index (χ4v) is 2.98. The second-order valence-corrected chi connectivity index (χ2v) is 6.33. The van der Waals surface area contributed by atoms with Gasteiger partial charge in [-0.05, 0) is 24.3 Å². The first-order chi connectivity index (χ1) is 9.62. The zero-order valence-corrected chi connectivity index (χ0v) is 12.7. The van der Waals surface area contributed by atoms with Crippen LogP contribution in [0, 0.1) is 5.92 Å². The molecule has 0 saturated heterocycles. The summed E-state index contributed by atoms with van der Waals surface area (Å²) >= 11 is 0. The molecule has 1 saturated carbocycles. The van der Waals surface area contributed by atoms with E-state index in [0.717, 1.165) is 13.1 Å². The van der Waals surface area contributed by atoms with Crippen molar-refractivity contribution in [3.63, 3.8) is 0 Å². The van der Waals surface area contributed by atoms with E-state index in [0.29, 0.717) is 11.9 Å². The monoisotopic (exact) mass is 273 g/mol. The van der Waals surface area contributed by atoms with Gasteiger partial charge in [-0.2, -0.15) is 0 Å². The van der Waals surface area contributed by atoms with Crippen LogP contribution in [0.2, 0.25) is 0 Å². The van der Waals surface area contributed by atoms with Gasteiger partial charge in [0, 0.05) is 12.0 Å². The van der Waals surface area contributed by atoms with Gasteiger partial charge in [-0.3, -0.25) is 4.99 Å². The Hall–Kier alpha value is -1.51. The number of hydrogen-bond donors (Lipinski definition) is 2. The lowest BCUT2D eigenvalue weighted by molar-refractivity contribution is 0.453. The molecule has 2 rings (SSSR count). The number of aliphatic imine (C=N–C) groups is 1. The molecule has 3 nitrogen and oxygen atoms in total. The van der Waals surface area contributed by atoms with Crippen molar-refractivity contribution in [2.45, 2.75) is 44.9 Å². The second-order valence-electron chi connectivity index (χ2n) is 6.33. The van der Waals surface area contributed by atoms with Crippen molar-refractivity contribution < 1.29 is 0 Å². The molecule has 0 radical (unpaired) electrons. The van der Waals surface area contributed by atoms with Gasteiger partial charge < -0.3 is 11.1 Å². The molecule has 3 N–H and O–H groups in total. The summed E-state index contributed by atoms with van der Waals surface area (Å²) in [6.07, 6.45) is 5.03. The maximum absolute atomic E-state index is 5.98. The summed E-state index contributed by atoms with van der Waals surface area (Å²) in [5.74, 6) is 1.17. The van der Waals surface area contributed by atoms with E-state index in [-0.39, 0.29) is 5.41 Å². The Labute approximate surface area is 122 Å². The number of benzene rings is 1. The second kappa shape index (κ2) is 6.78. The Morgan fingerprint density at radius 1 is 1.25 bits per heavy atom. The Bertz CT molecular complexity index is 431. The molecule has 1 aliphatic rings. The summed E-state index contributed by atoms with van der Waals surface area (Å²) in [6.45, 7) is 6.02. The third-order valence-electron chi connectivity index (χ3n) is 4.19. The Kier molecular flexibility index (Phi) is 5.05. The molecule has 0 unspecified atom stereocenters. The fourth-order valence-electron chi connectivity index (χ4n) is 2.98. The quantitative estimate of drug-likeness (QED) is 0.640. The van der Waals surface area contributed by atoms with Crippen molar-refractivity contribution in [2.75, 3.05) is 13.1 Å². The minimum atomic E-state index is 0.200. The largest absolute Gasteiger partial charge is 0.370 e. The van der Waals surface area contributed by atoms with Gasteiger partial charge in [0.15, 0.2) is 5.96 Å². The molecule has 1 fully saturated rings. The SMILES string of the molecule is CC(C)CNC(N)=NCC1(c2ccccc2)CCCC1. The van der Waals surface area contributed by atoms with E-state index in [1.807, 2.05) is 0 Å². The number of guanidine groups is 1. The van der Waals surface area contributed by atoms with Gasteiger partial charge in [0.1, 0.15) is 0 Å². The van der Waals surface area contributed by atoms with Crippen LogP contribution in [0.25, 0.3) is 0 Å². The molecule has 0 atom stereocenters. The van der Waals surface area contributed by atoms with Gasteiger partial charge >= 0.3 is 0 Å². The van der Waals surface area contributed by atoms with Crippen molar-refractivity contribution >= 4 is 5.96 Å². The third-order valence-corrected chi connectivity index (χ3v) is 4.19. The van der Waals surface area contributed by atoms with Crippen molar-refractivity contribution in [3.8, 4) is 0 Å². The van der Waals surface area contributed by atoms with Crippen LogP contribution < -0.4 is 11.1 Å². The predicted molar refractivity (Wildman–Crippen MR) is 85.9 cm³/mol. The van der Waals surface area contributed by atoms with Gasteiger partial charge in [-0.25, -0.2) is 0 Å². The fraction of sp³-hybridized carbons (Fsp3) is 0.588. The minimum absolute atomic E-state index is 0.200. The minimum Gasteiger partial charge on any atom is -0.370 e. The Balaban J connectivity index is 2.05. The maximum Gasteiger partial charge on any atom is 0.188 e. The lowest BCUT2D eigenvalue weighted by Gasteiger charge is -2.28. The smallest absolute Gasteiger partial charge is 0.188 e. The van der Waals surface area contributed by atoms with Crippen LogP contribution in [0.4, 0.5) is 0 Å². The van der Waals surface area contributed by atoms with Crippen LogP contribution in [0.3, 0.4) is 0 Å². The summed E-state index contributed by atoms with van der Waals surface area (Å²) in [6, 6.07) is 10.8. The Morgan fingerprint density at radius 3 is 2.50 bits per heavy atom. The van der Waals surface area contributed by atoms with Gasteiger partial charge in [0.2, 0.25) is 0 Å². The molecule has 0 aliphatic heterocycles. The lowest BCUT2D eigenvalue weighted by atomic mass is 9.79. The maximum atomic E-state index is 5.98. The molecule has 0 aromatic heterocycles. The van der Waals surface area contributed by atoms with Crippen molar-refractivity contribution in [3.05, 3.63) is 35.9 Å². The molecule has 3 heteroatoms. The van der Waals surface area contributed by atoms with Crippen molar-refractivity contribution in [1.29, 1.82) is 0 Å². The van der Waals surface area contributed by atoms with E-state index in [4.69, 9.17) is 5.73 Å². The number of nitrogens with two attached hydrogens (primary N) is 1. The molecule has 20 heavy (non-hydrogen) atoms. The van der Waals surface area contributed by atoms with Crippen molar-refractivity contribution in [2.24, 2.45) is 16.6 Å². The molecule has 0 bridgehead atoms. The van der Waals surface area contributed by atoms with E-state index in [1.165, 1.54) is 31.2 Å². The highest BCUT2D eigenvalue weighted by Gasteiger charge is 2.35. The molecule has 1 aromatic rings. The number of rotatable bonds is 5. The van der Waals surface area contributed by atoms with E-state index < -0.39 is 0 Å². The van der Waals surface area contributed by atoms with E-state index in [9.17, 15) is 0 Å². The Morgan fingerprint density at radius 2 is 1.90 bits per heavy atom. The lowest BCUT2D eigenvalue weighted by Crippen LogP contribution is -2.36. The molecule has 0 heterocycles. The molecule has 1 aromatic carbocycles. The molecule has 0 amide bonds. The molecule has 0 spiro atoms. The van der Waals surface area contributed by atoms with Gasteiger partial charge in [-0.1, -0.05) is 57.0 Å². The van der Waals surface area contributed by atoms with Gasteiger partial charge in [0.25, 0.3) is 0 Å². The average Bonchev–Trinajstić information content (AvgIpc) is 2.94. The average molecular weight is 273 g/mol. The standard InChI is InChI=1S/C17H27N3/c1-14(2)12-19-16(18)20-13-17(10-6-7-11-17)15-8-4-3-5-9-15/h3-5,8-9,14H,6-7,10-13H2,1-2H3,(H3,18,19,20). The summed E-state index contributed by atoms with van der Waals surface area (Å²) in [5.41, 5.74) is 7.59. The summed E-state index contributed by atoms with van der Waals surface area (Å²) in [4.78, 5) is 4.61. The highest BCUT2D eigenvalue weighted by molar-refractivity contribution is 5.77. The van der Waals surface area contributed by atoms with Crippen molar-refractivity contribution in [1.82, 2.24) is 5.32 Å². The zero-order valence-electron chi connectivity index (χ0n) is 12.7. The molecule has 110 valence electrons. The van der Waals surface area contributed by atoms with Gasteiger partial charge in [0.05, 0.1) is 6.54 Å². The first-order valence-corrected chi connectivity index (χ1v) is 7.72. The van der Waals surface area contributed by atoms with Gasteiger partial charge in [-0.15, -0.1) is 0 Å². The number of nitrogens with zero attached hydrogens (tertiary/aromatic N) is 1.